The molecular weight excluding hydrogens is 254 g/mol. The maximum absolute atomic E-state index is 12.6. The maximum Gasteiger partial charge on any atom is 0.240 e. The Labute approximate surface area is 118 Å². The van der Waals surface area contributed by atoms with Crippen LogP contribution in [0.2, 0.25) is 0 Å². The number of amides is 2. The number of carbonyl (C=O) groups excluding carboxylic acids is 3. The topological polar surface area (TPSA) is 54.5 Å². The third-order valence-electron chi connectivity index (χ3n) is 4.24. The number of carbonyl (C=O) groups is 3. The Kier molecular flexibility index (Phi) is 3.50. The van der Waals surface area contributed by atoms with Crippen molar-refractivity contribution in [3.05, 3.63) is 29.8 Å². The zero-order valence-electron chi connectivity index (χ0n) is 12.3. The quantitative estimate of drug-likeness (QED) is 0.628. The van der Waals surface area contributed by atoms with E-state index >= 15 is 0 Å². The van der Waals surface area contributed by atoms with Gasteiger partial charge in [-0.25, -0.2) is 0 Å². The molecule has 1 unspecified atom stereocenters. The van der Waals surface area contributed by atoms with Crippen LogP contribution in [0.15, 0.2) is 24.3 Å². The van der Waals surface area contributed by atoms with Gasteiger partial charge in [0.1, 0.15) is 0 Å². The molecule has 1 aliphatic heterocycles. The van der Waals surface area contributed by atoms with Gasteiger partial charge in [-0.1, -0.05) is 26.0 Å². The minimum Gasteiger partial charge on any atom is -0.295 e. The average Bonchev–Trinajstić information content (AvgIpc) is 2.61. The molecule has 0 spiro atoms. The second kappa shape index (κ2) is 4.85. The molecule has 1 saturated heterocycles. The van der Waals surface area contributed by atoms with Gasteiger partial charge in [-0.3, -0.25) is 19.3 Å². The van der Waals surface area contributed by atoms with Crippen molar-refractivity contribution in [2.75, 3.05) is 4.90 Å². The fourth-order valence-corrected chi connectivity index (χ4v) is 2.41. The second-order valence-electron chi connectivity index (χ2n) is 5.89. The van der Waals surface area contributed by atoms with Crippen LogP contribution in [0.25, 0.3) is 0 Å². The van der Waals surface area contributed by atoms with Gasteiger partial charge in [0.25, 0.3) is 0 Å². The number of ketones is 1. The number of rotatable bonds is 3. The van der Waals surface area contributed by atoms with Gasteiger partial charge >= 0.3 is 0 Å². The number of hydrogen-bond donors (Lipinski definition) is 0. The highest BCUT2D eigenvalue weighted by atomic mass is 16.2. The van der Waals surface area contributed by atoms with E-state index in [1.54, 1.807) is 24.3 Å². The molecule has 0 saturated carbocycles. The van der Waals surface area contributed by atoms with Crippen molar-refractivity contribution in [3.63, 3.8) is 0 Å². The summed E-state index contributed by atoms with van der Waals surface area (Å²) in [6, 6.07) is 6.66. The Morgan fingerprint density at radius 1 is 1.30 bits per heavy atom. The fraction of sp³-hybridized carbons (Fsp3) is 0.438. The van der Waals surface area contributed by atoms with Crippen LogP contribution in [-0.2, 0) is 9.59 Å². The summed E-state index contributed by atoms with van der Waals surface area (Å²) in [5.74, 6) is -0.386. The smallest absolute Gasteiger partial charge is 0.240 e. The van der Waals surface area contributed by atoms with Crippen molar-refractivity contribution >= 4 is 23.3 Å². The van der Waals surface area contributed by atoms with Gasteiger partial charge in [-0.05, 0) is 31.9 Å². The van der Waals surface area contributed by atoms with Crippen LogP contribution >= 0.6 is 0 Å². The molecule has 0 bridgehead atoms. The molecule has 1 aromatic rings. The van der Waals surface area contributed by atoms with E-state index in [2.05, 4.69) is 0 Å². The van der Waals surface area contributed by atoms with Gasteiger partial charge in [-0.15, -0.1) is 0 Å². The monoisotopic (exact) mass is 273 g/mol. The normalized spacial score (nSPS) is 22.8. The highest BCUT2D eigenvalue weighted by molar-refractivity contribution is 6.22. The Hall–Kier alpha value is -1.97. The lowest BCUT2D eigenvalue weighted by molar-refractivity contribution is -0.126. The molecule has 0 aromatic heterocycles. The number of nitrogens with zero attached hydrogens (tertiary/aromatic N) is 1. The molecule has 2 amide bonds. The minimum absolute atomic E-state index is 0.0833. The molecule has 106 valence electrons. The average molecular weight is 273 g/mol. The van der Waals surface area contributed by atoms with Crippen LogP contribution in [0.1, 0.15) is 44.5 Å². The molecule has 20 heavy (non-hydrogen) atoms. The number of anilines is 1. The number of hydrogen-bond acceptors (Lipinski definition) is 3. The molecule has 2 rings (SSSR count). The van der Waals surface area contributed by atoms with Gasteiger partial charge in [0.05, 0.1) is 11.1 Å². The van der Waals surface area contributed by atoms with Crippen molar-refractivity contribution in [3.8, 4) is 0 Å². The van der Waals surface area contributed by atoms with E-state index in [-0.39, 0.29) is 29.9 Å². The van der Waals surface area contributed by atoms with Gasteiger partial charge in [0.15, 0.2) is 5.78 Å². The summed E-state index contributed by atoms with van der Waals surface area (Å²) in [4.78, 5) is 37.4. The predicted molar refractivity (Wildman–Crippen MR) is 76.5 cm³/mol. The van der Waals surface area contributed by atoms with Gasteiger partial charge < -0.3 is 0 Å². The summed E-state index contributed by atoms with van der Waals surface area (Å²) in [7, 11) is 0. The van der Waals surface area contributed by atoms with Crippen LogP contribution in [0, 0.1) is 11.3 Å². The number of imide groups is 1. The van der Waals surface area contributed by atoms with E-state index in [9.17, 15) is 14.4 Å². The fourth-order valence-electron chi connectivity index (χ4n) is 2.41. The lowest BCUT2D eigenvalue weighted by Crippen LogP contribution is -2.36. The molecule has 1 fully saturated rings. The third kappa shape index (κ3) is 2.15. The lowest BCUT2D eigenvalue weighted by Gasteiger charge is -2.26. The molecule has 0 radical (unpaired) electrons. The first-order chi connectivity index (χ1) is 9.27. The number of Topliss-reactive ketones (excluding diaryl/α,β-unsaturated/α-hetero) is 1. The summed E-state index contributed by atoms with van der Waals surface area (Å²) >= 11 is 0. The molecule has 1 heterocycles. The predicted octanol–water partition coefficient (Wildman–Crippen LogP) is 2.81. The lowest BCUT2D eigenvalue weighted by atomic mass is 9.78. The van der Waals surface area contributed by atoms with E-state index in [1.165, 1.54) is 11.8 Å². The van der Waals surface area contributed by atoms with Crippen molar-refractivity contribution in [2.24, 2.45) is 11.3 Å². The van der Waals surface area contributed by atoms with E-state index in [0.717, 1.165) is 0 Å². The summed E-state index contributed by atoms with van der Waals surface area (Å²) in [5, 5.41) is 0. The standard InChI is InChI=1S/C16H19NO3/c1-10(2)16(4)9-14(19)17(15(16)20)13-7-5-6-12(8-13)11(3)18/h5-8,10H,9H2,1-4H3. The van der Waals surface area contributed by atoms with Crippen molar-refractivity contribution in [2.45, 2.75) is 34.1 Å². The van der Waals surface area contributed by atoms with Crippen molar-refractivity contribution < 1.29 is 14.4 Å². The first-order valence-electron chi connectivity index (χ1n) is 6.76. The summed E-state index contributed by atoms with van der Waals surface area (Å²) in [6.45, 7) is 7.18. The first-order valence-corrected chi connectivity index (χ1v) is 6.76. The van der Waals surface area contributed by atoms with E-state index in [4.69, 9.17) is 0 Å². The van der Waals surface area contributed by atoms with Crippen molar-refractivity contribution in [1.29, 1.82) is 0 Å². The Morgan fingerprint density at radius 3 is 2.45 bits per heavy atom. The van der Waals surface area contributed by atoms with E-state index in [0.29, 0.717) is 11.3 Å². The van der Waals surface area contributed by atoms with Crippen LogP contribution in [-0.4, -0.2) is 17.6 Å². The first kappa shape index (κ1) is 14.4. The van der Waals surface area contributed by atoms with Crippen molar-refractivity contribution in [1.82, 2.24) is 0 Å². The molecule has 1 aliphatic rings. The summed E-state index contributed by atoms with van der Waals surface area (Å²) < 4.78 is 0. The van der Waals surface area contributed by atoms with E-state index in [1.807, 2.05) is 20.8 Å². The second-order valence-corrected chi connectivity index (χ2v) is 5.89. The summed E-state index contributed by atoms with van der Waals surface area (Å²) in [6.07, 6.45) is 0.216. The maximum atomic E-state index is 12.6. The molecule has 1 aromatic carbocycles. The molecule has 0 N–H and O–H groups in total. The zero-order chi connectivity index (χ0) is 15.1. The molecule has 0 aliphatic carbocycles. The van der Waals surface area contributed by atoms with E-state index < -0.39 is 5.41 Å². The molecule has 1 atom stereocenters. The third-order valence-corrected chi connectivity index (χ3v) is 4.24. The minimum atomic E-state index is -0.663. The van der Waals surface area contributed by atoms with Crippen LogP contribution in [0.5, 0.6) is 0 Å². The Bertz CT molecular complexity index is 591. The summed E-state index contributed by atoms with van der Waals surface area (Å²) in [5.41, 5.74) is 0.321. The molecule has 4 heteroatoms. The highest BCUT2D eigenvalue weighted by Crippen LogP contribution is 2.41. The highest BCUT2D eigenvalue weighted by Gasteiger charge is 2.50. The van der Waals surface area contributed by atoms with Gasteiger partial charge in [-0.2, -0.15) is 0 Å². The largest absolute Gasteiger partial charge is 0.295 e. The van der Waals surface area contributed by atoms with Crippen LogP contribution in [0.3, 0.4) is 0 Å². The van der Waals surface area contributed by atoms with Crippen LogP contribution < -0.4 is 4.90 Å². The van der Waals surface area contributed by atoms with Gasteiger partial charge in [0, 0.05) is 12.0 Å². The SMILES string of the molecule is CC(=O)c1cccc(N2C(=O)CC(C)(C(C)C)C2=O)c1. The van der Waals surface area contributed by atoms with Crippen LogP contribution in [0.4, 0.5) is 5.69 Å². The molecule has 4 nitrogen and oxygen atoms in total. The van der Waals surface area contributed by atoms with Gasteiger partial charge in [0.2, 0.25) is 11.8 Å². The number of benzene rings is 1. The Morgan fingerprint density at radius 2 is 1.95 bits per heavy atom. The Balaban J connectivity index is 2.43. The zero-order valence-corrected chi connectivity index (χ0v) is 12.3. The molecular formula is C16H19NO3.